The van der Waals surface area contributed by atoms with E-state index >= 15 is 0 Å². The third kappa shape index (κ3) is 2.11. The quantitative estimate of drug-likeness (QED) is 0.824. The van der Waals surface area contributed by atoms with Crippen molar-refractivity contribution in [1.29, 1.82) is 5.26 Å². The first kappa shape index (κ1) is 11.9. The molecular weight excluding hydrogens is 242 g/mol. The average molecular weight is 255 g/mol. The van der Waals surface area contributed by atoms with Crippen molar-refractivity contribution in [3.63, 3.8) is 0 Å². The topological polar surface area (TPSA) is 71.9 Å². The van der Waals surface area contributed by atoms with Gasteiger partial charge in [0.25, 0.3) is 5.89 Å². The van der Waals surface area contributed by atoms with Crippen LogP contribution in [0.2, 0.25) is 0 Å². The van der Waals surface area contributed by atoms with E-state index in [1.807, 2.05) is 13.0 Å². The fourth-order valence-electron chi connectivity index (χ4n) is 2.23. The second-order valence-corrected chi connectivity index (χ2v) is 4.80. The summed E-state index contributed by atoms with van der Waals surface area (Å²) >= 11 is 0. The summed E-state index contributed by atoms with van der Waals surface area (Å²) < 4.78 is 11.0. The summed E-state index contributed by atoms with van der Waals surface area (Å²) in [5.74, 6) is 0.992. The maximum absolute atomic E-state index is 8.89. The van der Waals surface area contributed by atoms with E-state index in [1.54, 1.807) is 18.2 Å². The molecule has 1 aliphatic rings. The number of nitrogens with zero attached hydrogens (tertiary/aromatic N) is 3. The molecule has 1 saturated heterocycles. The fraction of sp³-hybridized carbons (Fsp3) is 0.357. The highest BCUT2D eigenvalue weighted by Crippen LogP contribution is 2.34. The van der Waals surface area contributed by atoms with Crippen molar-refractivity contribution in [3.8, 4) is 17.5 Å². The van der Waals surface area contributed by atoms with E-state index in [0.29, 0.717) is 17.3 Å². The van der Waals surface area contributed by atoms with Gasteiger partial charge in [0.05, 0.1) is 11.6 Å². The molecule has 1 unspecified atom stereocenters. The molecule has 0 amide bonds. The Balaban J connectivity index is 1.95. The molecule has 0 bridgehead atoms. The minimum absolute atomic E-state index is 0.420. The lowest BCUT2D eigenvalue weighted by molar-refractivity contribution is 0.00768. The molecule has 1 aliphatic heterocycles. The number of hydrogen-bond donors (Lipinski definition) is 0. The van der Waals surface area contributed by atoms with E-state index in [4.69, 9.17) is 14.5 Å². The Morgan fingerprint density at radius 2 is 2.32 bits per heavy atom. The summed E-state index contributed by atoms with van der Waals surface area (Å²) in [5.41, 5.74) is 0.870. The van der Waals surface area contributed by atoms with Crippen molar-refractivity contribution in [1.82, 2.24) is 10.1 Å². The summed E-state index contributed by atoms with van der Waals surface area (Å²) in [7, 11) is 0. The molecule has 0 saturated carbocycles. The number of rotatable bonds is 2. The SMILES string of the molecule is CC1(c2noc(-c3cccc(C#N)c3)n2)CCCO1. The molecule has 5 nitrogen and oxygen atoms in total. The van der Waals surface area contributed by atoms with Crippen molar-refractivity contribution in [2.45, 2.75) is 25.4 Å². The van der Waals surface area contributed by atoms with Gasteiger partial charge >= 0.3 is 0 Å². The summed E-state index contributed by atoms with van der Waals surface area (Å²) in [6.07, 6.45) is 1.90. The molecule has 0 aliphatic carbocycles. The van der Waals surface area contributed by atoms with Crippen molar-refractivity contribution in [2.24, 2.45) is 0 Å². The zero-order valence-electron chi connectivity index (χ0n) is 10.6. The number of nitriles is 1. The Kier molecular flexibility index (Phi) is 2.80. The van der Waals surface area contributed by atoms with Gasteiger partial charge in [0.2, 0.25) is 5.82 Å². The Bertz CT molecular complexity index is 636. The molecule has 2 aromatic rings. The Labute approximate surface area is 110 Å². The van der Waals surface area contributed by atoms with Crippen LogP contribution in [0.4, 0.5) is 0 Å². The van der Waals surface area contributed by atoms with Crippen LogP contribution in [-0.2, 0) is 10.3 Å². The molecule has 1 fully saturated rings. The van der Waals surface area contributed by atoms with Crippen LogP contribution in [-0.4, -0.2) is 16.7 Å². The Hall–Kier alpha value is -2.19. The number of aromatic nitrogens is 2. The lowest BCUT2D eigenvalue weighted by atomic mass is 10.0. The van der Waals surface area contributed by atoms with E-state index < -0.39 is 5.60 Å². The van der Waals surface area contributed by atoms with E-state index in [0.717, 1.165) is 25.0 Å². The molecule has 2 heterocycles. The van der Waals surface area contributed by atoms with E-state index in [1.165, 1.54) is 0 Å². The first-order chi connectivity index (χ1) is 9.21. The summed E-state index contributed by atoms with van der Waals surface area (Å²) in [5, 5.41) is 12.9. The van der Waals surface area contributed by atoms with E-state index in [9.17, 15) is 0 Å². The van der Waals surface area contributed by atoms with E-state index in [-0.39, 0.29) is 0 Å². The van der Waals surface area contributed by atoms with Gasteiger partial charge in [-0.15, -0.1) is 0 Å². The monoisotopic (exact) mass is 255 g/mol. The van der Waals surface area contributed by atoms with Crippen molar-refractivity contribution < 1.29 is 9.26 Å². The van der Waals surface area contributed by atoms with Crippen LogP contribution >= 0.6 is 0 Å². The first-order valence-electron chi connectivity index (χ1n) is 6.20. The van der Waals surface area contributed by atoms with Crippen LogP contribution in [0.3, 0.4) is 0 Å². The van der Waals surface area contributed by atoms with Crippen LogP contribution in [0, 0.1) is 11.3 Å². The molecular formula is C14H13N3O2. The Morgan fingerprint density at radius 3 is 3.05 bits per heavy atom. The Morgan fingerprint density at radius 1 is 1.42 bits per heavy atom. The zero-order chi connectivity index (χ0) is 13.3. The molecule has 0 spiro atoms. The normalized spacial score (nSPS) is 22.3. The van der Waals surface area contributed by atoms with Crippen LogP contribution in [0.25, 0.3) is 11.5 Å². The highest BCUT2D eigenvalue weighted by Gasteiger charge is 2.36. The molecule has 0 N–H and O–H groups in total. The summed E-state index contributed by atoms with van der Waals surface area (Å²) in [6.45, 7) is 2.70. The third-order valence-corrected chi connectivity index (χ3v) is 3.36. The van der Waals surface area contributed by atoms with Crippen LogP contribution in [0.5, 0.6) is 0 Å². The molecule has 1 atom stereocenters. The van der Waals surface area contributed by atoms with Gasteiger partial charge in [-0.1, -0.05) is 11.2 Å². The van der Waals surface area contributed by atoms with Crippen LogP contribution < -0.4 is 0 Å². The van der Waals surface area contributed by atoms with Crippen molar-refractivity contribution in [3.05, 3.63) is 35.7 Å². The highest BCUT2D eigenvalue weighted by atomic mass is 16.5. The van der Waals surface area contributed by atoms with Gasteiger partial charge in [0.15, 0.2) is 0 Å². The number of hydrogen-bond acceptors (Lipinski definition) is 5. The summed E-state index contributed by atoms with van der Waals surface area (Å²) in [6, 6.07) is 9.20. The van der Waals surface area contributed by atoms with Crippen LogP contribution in [0.1, 0.15) is 31.2 Å². The standard InChI is InChI=1S/C14H13N3O2/c1-14(6-3-7-18-14)13-16-12(19-17-13)11-5-2-4-10(8-11)9-15/h2,4-5,8H,3,6-7H2,1H3. The van der Waals surface area contributed by atoms with Gasteiger partial charge < -0.3 is 9.26 Å². The van der Waals surface area contributed by atoms with E-state index in [2.05, 4.69) is 16.2 Å². The lowest BCUT2D eigenvalue weighted by Gasteiger charge is -2.17. The molecule has 1 aromatic heterocycles. The fourth-order valence-corrected chi connectivity index (χ4v) is 2.23. The van der Waals surface area contributed by atoms with Gasteiger partial charge in [-0.3, -0.25) is 0 Å². The third-order valence-electron chi connectivity index (χ3n) is 3.36. The molecule has 1 aromatic carbocycles. The molecule has 0 radical (unpaired) electrons. The second-order valence-electron chi connectivity index (χ2n) is 4.80. The predicted molar refractivity (Wildman–Crippen MR) is 67.0 cm³/mol. The maximum atomic E-state index is 8.89. The first-order valence-corrected chi connectivity index (χ1v) is 6.20. The minimum Gasteiger partial charge on any atom is -0.367 e. The van der Waals surface area contributed by atoms with Crippen LogP contribution in [0.15, 0.2) is 28.8 Å². The smallest absolute Gasteiger partial charge is 0.258 e. The number of ether oxygens (including phenoxy) is 1. The largest absolute Gasteiger partial charge is 0.367 e. The van der Waals surface area contributed by atoms with Gasteiger partial charge in [0, 0.05) is 12.2 Å². The molecule has 3 rings (SSSR count). The maximum Gasteiger partial charge on any atom is 0.258 e. The van der Waals surface area contributed by atoms with Crippen molar-refractivity contribution in [2.75, 3.05) is 6.61 Å². The molecule has 96 valence electrons. The molecule has 19 heavy (non-hydrogen) atoms. The summed E-state index contributed by atoms with van der Waals surface area (Å²) in [4.78, 5) is 4.40. The van der Waals surface area contributed by atoms with Gasteiger partial charge in [-0.2, -0.15) is 10.2 Å². The average Bonchev–Trinajstić information content (AvgIpc) is 3.08. The zero-order valence-corrected chi connectivity index (χ0v) is 10.6. The minimum atomic E-state index is -0.450. The van der Waals surface area contributed by atoms with Crippen molar-refractivity contribution >= 4 is 0 Å². The van der Waals surface area contributed by atoms with Gasteiger partial charge in [-0.25, -0.2) is 0 Å². The highest BCUT2D eigenvalue weighted by molar-refractivity contribution is 5.56. The number of benzene rings is 1. The lowest BCUT2D eigenvalue weighted by Crippen LogP contribution is -2.21. The van der Waals surface area contributed by atoms with Gasteiger partial charge in [0.1, 0.15) is 5.60 Å². The molecule has 5 heteroatoms. The predicted octanol–water partition coefficient (Wildman–Crippen LogP) is 2.63. The van der Waals surface area contributed by atoms with Gasteiger partial charge in [-0.05, 0) is 38.0 Å². The second kappa shape index (κ2) is 4.48.